The van der Waals surface area contributed by atoms with E-state index >= 15 is 0 Å². The molecule has 2 heteroatoms. The first kappa shape index (κ1) is 30.8. The van der Waals surface area contributed by atoms with Crippen LogP contribution in [0.15, 0.2) is 206 Å². The second-order valence-corrected chi connectivity index (χ2v) is 13.6. The second-order valence-electron chi connectivity index (χ2n) is 13.6. The van der Waals surface area contributed by atoms with Crippen molar-refractivity contribution in [3.8, 4) is 61.8 Å². The Balaban J connectivity index is 1.19. The van der Waals surface area contributed by atoms with Crippen molar-refractivity contribution in [2.75, 3.05) is 0 Å². The number of nitrogens with zero attached hydrogens (tertiary/aromatic N) is 1. The number of aromatic nitrogens is 2. The molecule has 0 aliphatic heterocycles. The summed E-state index contributed by atoms with van der Waals surface area (Å²) < 4.78 is 2.38. The molecule has 0 amide bonds. The van der Waals surface area contributed by atoms with E-state index in [2.05, 4.69) is 216 Å². The van der Waals surface area contributed by atoms with Gasteiger partial charge in [-0.25, -0.2) is 4.98 Å². The highest BCUT2D eigenvalue weighted by Crippen LogP contribution is 2.44. The standard InChI is InChI=1S/C51H34N2/c1-4-17-37(18-5-1)49-50(38-19-6-2-7-20-38)53(51(52-49)39-21-8-3-9-22-39)42-32-30-36(31-33-42)47-43-24-12-14-26-45(43)48(46-27-15-13-25-44(46)47)41-29-28-35-16-10-11-23-40(35)34-41/h1-34H/p+1. The highest BCUT2D eigenvalue weighted by molar-refractivity contribution is 6.21. The Morgan fingerprint density at radius 1 is 0.321 bits per heavy atom. The van der Waals surface area contributed by atoms with Gasteiger partial charge in [-0.15, -0.1) is 0 Å². The lowest BCUT2D eigenvalue weighted by Crippen LogP contribution is -2.33. The van der Waals surface area contributed by atoms with E-state index in [1.54, 1.807) is 0 Å². The van der Waals surface area contributed by atoms with Crippen LogP contribution in [0.3, 0.4) is 0 Å². The zero-order chi connectivity index (χ0) is 35.1. The molecule has 0 radical (unpaired) electrons. The quantitative estimate of drug-likeness (QED) is 0.134. The summed E-state index contributed by atoms with van der Waals surface area (Å²) in [5, 5.41) is 7.51. The predicted octanol–water partition coefficient (Wildman–Crippen LogP) is 13.1. The number of nitrogens with one attached hydrogen (secondary N) is 1. The first-order valence-electron chi connectivity index (χ1n) is 18.2. The molecule has 1 aromatic heterocycles. The van der Waals surface area contributed by atoms with Crippen molar-refractivity contribution >= 4 is 32.3 Å². The van der Waals surface area contributed by atoms with Crippen LogP contribution in [-0.2, 0) is 0 Å². The van der Waals surface area contributed by atoms with Crippen molar-refractivity contribution in [3.05, 3.63) is 206 Å². The summed E-state index contributed by atoms with van der Waals surface area (Å²) in [5.41, 5.74) is 11.7. The number of fused-ring (bicyclic) bond motifs is 3. The summed E-state index contributed by atoms with van der Waals surface area (Å²) in [6, 6.07) is 74.4. The number of hydrogen-bond acceptors (Lipinski definition) is 0. The van der Waals surface area contributed by atoms with Gasteiger partial charge >= 0.3 is 0 Å². The van der Waals surface area contributed by atoms with E-state index in [0.717, 1.165) is 39.6 Å². The van der Waals surface area contributed by atoms with E-state index in [0.29, 0.717) is 0 Å². The molecule has 9 aromatic carbocycles. The van der Waals surface area contributed by atoms with E-state index in [1.807, 2.05) is 0 Å². The van der Waals surface area contributed by atoms with Gasteiger partial charge in [0.2, 0.25) is 0 Å². The number of rotatable bonds is 6. The minimum atomic E-state index is 1.03. The molecule has 1 N–H and O–H groups in total. The predicted molar refractivity (Wildman–Crippen MR) is 222 cm³/mol. The summed E-state index contributed by atoms with van der Waals surface area (Å²) in [7, 11) is 0. The minimum Gasteiger partial charge on any atom is -0.236 e. The van der Waals surface area contributed by atoms with Gasteiger partial charge in [-0.05, 0) is 84.9 Å². The lowest BCUT2D eigenvalue weighted by atomic mass is 9.85. The van der Waals surface area contributed by atoms with Crippen molar-refractivity contribution < 1.29 is 4.57 Å². The van der Waals surface area contributed by atoms with Crippen LogP contribution < -0.4 is 4.57 Å². The van der Waals surface area contributed by atoms with Crippen molar-refractivity contribution in [2.24, 2.45) is 0 Å². The van der Waals surface area contributed by atoms with Crippen LogP contribution in [0.1, 0.15) is 0 Å². The zero-order valence-corrected chi connectivity index (χ0v) is 29.1. The van der Waals surface area contributed by atoms with Gasteiger partial charge in [-0.1, -0.05) is 176 Å². The van der Waals surface area contributed by atoms with E-state index in [4.69, 9.17) is 0 Å². The van der Waals surface area contributed by atoms with Crippen molar-refractivity contribution in [1.82, 2.24) is 4.98 Å². The summed E-state index contributed by atoms with van der Waals surface area (Å²) >= 11 is 0. The van der Waals surface area contributed by atoms with Crippen molar-refractivity contribution in [3.63, 3.8) is 0 Å². The van der Waals surface area contributed by atoms with Gasteiger partial charge in [0.1, 0.15) is 5.69 Å². The van der Waals surface area contributed by atoms with Crippen LogP contribution >= 0.6 is 0 Å². The maximum absolute atomic E-state index is 3.87. The third-order valence-electron chi connectivity index (χ3n) is 10.5. The van der Waals surface area contributed by atoms with Gasteiger partial charge in [-0.3, -0.25) is 0 Å². The van der Waals surface area contributed by atoms with Crippen molar-refractivity contribution in [2.45, 2.75) is 0 Å². The van der Waals surface area contributed by atoms with E-state index < -0.39 is 0 Å². The molecule has 2 nitrogen and oxygen atoms in total. The van der Waals surface area contributed by atoms with E-state index in [-0.39, 0.29) is 0 Å². The van der Waals surface area contributed by atoms with Gasteiger partial charge < -0.3 is 0 Å². The second kappa shape index (κ2) is 12.9. The zero-order valence-electron chi connectivity index (χ0n) is 29.1. The molecule has 248 valence electrons. The molecule has 0 spiro atoms. The summed E-state index contributed by atoms with van der Waals surface area (Å²) in [6.07, 6.45) is 0. The Kier molecular flexibility index (Phi) is 7.51. The molecule has 0 aliphatic rings. The van der Waals surface area contributed by atoms with Crippen LogP contribution in [0.5, 0.6) is 0 Å². The average Bonchev–Trinajstić information content (AvgIpc) is 3.64. The number of aromatic amines is 1. The molecule has 0 unspecified atom stereocenters. The average molecular weight is 676 g/mol. The molecule has 1 heterocycles. The molecule has 53 heavy (non-hydrogen) atoms. The maximum Gasteiger partial charge on any atom is 0.292 e. The number of hydrogen-bond donors (Lipinski definition) is 1. The molecular weight excluding hydrogens is 641 g/mol. The van der Waals surface area contributed by atoms with Gasteiger partial charge in [0.25, 0.3) is 5.82 Å². The third-order valence-corrected chi connectivity index (χ3v) is 10.5. The Labute approximate surface area is 308 Å². The van der Waals surface area contributed by atoms with Crippen LogP contribution in [-0.4, -0.2) is 4.98 Å². The molecule has 0 fully saturated rings. The van der Waals surface area contributed by atoms with Crippen LogP contribution in [0.4, 0.5) is 0 Å². The largest absolute Gasteiger partial charge is 0.292 e. The minimum absolute atomic E-state index is 1.03. The monoisotopic (exact) mass is 675 g/mol. The summed E-state index contributed by atoms with van der Waals surface area (Å²) in [4.78, 5) is 3.87. The number of H-pyrrole nitrogens is 1. The molecule has 0 aliphatic carbocycles. The SMILES string of the molecule is c1ccc(-c2[nH]c(-c3ccccc3)[n+](-c3ccc(-c4c5ccccc5c(-c5ccc6ccccc6c5)c5ccccc45)cc3)c2-c2ccccc2)cc1. The lowest BCUT2D eigenvalue weighted by Gasteiger charge is -2.18. The molecule has 0 saturated heterocycles. The first-order chi connectivity index (χ1) is 26.3. The van der Waals surface area contributed by atoms with Crippen LogP contribution in [0, 0.1) is 0 Å². The topological polar surface area (TPSA) is 19.7 Å². The third kappa shape index (κ3) is 5.32. The molecular formula is C51H35N2+. The summed E-state index contributed by atoms with van der Waals surface area (Å²) in [6.45, 7) is 0. The maximum atomic E-state index is 3.87. The van der Waals surface area contributed by atoms with Gasteiger partial charge in [0.05, 0.1) is 5.56 Å². The number of benzene rings is 9. The molecule has 10 rings (SSSR count). The van der Waals surface area contributed by atoms with E-state index in [9.17, 15) is 0 Å². The van der Waals surface area contributed by atoms with Gasteiger partial charge in [-0.2, -0.15) is 4.57 Å². The highest BCUT2D eigenvalue weighted by atomic mass is 15.1. The Hall–Kier alpha value is -7.03. The summed E-state index contributed by atoms with van der Waals surface area (Å²) in [5.74, 6) is 1.03. The number of imidazole rings is 1. The normalized spacial score (nSPS) is 11.4. The van der Waals surface area contributed by atoms with Crippen LogP contribution in [0.2, 0.25) is 0 Å². The Morgan fingerprint density at radius 3 is 1.36 bits per heavy atom. The molecule has 0 bridgehead atoms. The first-order valence-corrected chi connectivity index (χ1v) is 18.2. The Morgan fingerprint density at radius 2 is 0.774 bits per heavy atom. The molecule has 0 saturated carbocycles. The fourth-order valence-corrected chi connectivity index (χ4v) is 8.07. The fraction of sp³-hybridized carbons (Fsp3) is 0. The molecule has 0 atom stereocenters. The Bertz CT molecular complexity index is 2850. The smallest absolute Gasteiger partial charge is 0.236 e. The van der Waals surface area contributed by atoms with Crippen LogP contribution in [0.25, 0.3) is 94.2 Å². The van der Waals surface area contributed by atoms with Crippen molar-refractivity contribution in [1.29, 1.82) is 0 Å². The highest BCUT2D eigenvalue weighted by Gasteiger charge is 2.29. The van der Waals surface area contributed by atoms with Gasteiger partial charge in [0, 0.05) is 11.1 Å². The fourth-order valence-electron chi connectivity index (χ4n) is 8.07. The molecule has 10 aromatic rings. The van der Waals surface area contributed by atoms with Gasteiger partial charge in [0.15, 0.2) is 11.4 Å². The lowest BCUT2D eigenvalue weighted by molar-refractivity contribution is -0.570. The van der Waals surface area contributed by atoms with E-state index in [1.165, 1.54) is 54.6 Å².